The summed E-state index contributed by atoms with van der Waals surface area (Å²) < 4.78 is 6.63. The fourth-order valence-electron chi connectivity index (χ4n) is 0.0964. The monoisotopic (exact) mass is 107 g/mol. The zero-order valence-electron chi connectivity index (χ0n) is 2.42. The molecular formula is H3N3P2. The number of nitrogens with two attached hydrogens (primary N) is 1. The van der Waals surface area contributed by atoms with E-state index in [4.69, 9.17) is 5.50 Å². The molecule has 0 saturated carbocycles. The lowest BCUT2D eigenvalue weighted by Crippen LogP contribution is -1.80. The number of H-pyrrole nitrogens is 1. The van der Waals surface area contributed by atoms with Crippen molar-refractivity contribution in [2.75, 3.05) is 5.50 Å². The van der Waals surface area contributed by atoms with E-state index < -0.39 is 8.00 Å². The SMILES string of the molecule is Np1np[nH]1. The van der Waals surface area contributed by atoms with Gasteiger partial charge in [-0.25, -0.2) is 0 Å². The van der Waals surface area contributed by atoms with E-state index in [0.717, 1.165) is 8.51 Å². The molecule has 5 heteroatoms. The Labute approximate surface area is 32.1 Å². The summed E-state index contributed by atoms with van der Waals surface area (Å²) in [5, 5.41) is 0. The summed E-state index contributed by atoms with van der Waals surface area (Å²) in [7, 11) is 0.397. The maximum atomic E-state index is 5.16. The number of nitrogen functional groups attached to an aromatic ring is 1. The third-order valence-corrected chi connectivity index (χ3v) is 2.59. The molecule has 1 atom stereocenters. The second kappa shape index (κ2) is 1.09. The van der Waals surface area contributed by atoms with Gasteiger partial charge in [0, 0.05) is 0 Å². The molecule has 28 valence electrons. The van der Waals surface area contributed by atoms with Gasteiger partial charge in [-0.1, -0.05) is 0 Å². The molecule has 0 fully saturated rings. The highest BCUT2D eigenvalue weighted by Crippen LogP contribution is 2.13. The Hall–Kier alpha value is 0.160. The lowest BCUT2D eigenvalue weighted by atomic mass is 13.8. The van der Waals surface area contributed by atoms with Crippen LogP contribution in [-0.2, 0) is 0 Å². The van der Waals surface area contributed by atoms with Crippen molar-refractivity contribution in [3.05, 3.63) is 0 Å². The molecule has 1 unspecified atom stereocenters. The van der Waals surface area contributed by atoms with E-state index >= 15 is 0 Å². The first-order valence-corrected chi connectivity index (χ1v) is 3.32. The number of aromatic nitrogens is 2. The highest BCUT2D eigenvalue weighted by atomic mass is 31.2. The van der Waals surface area contributed by atoms with Gasteiger partial charge in [0.05, 0.1) is 0 Å². The third kappa shape index (κ3) is 0.511. The number of rotatable bonds is 0. The summed E-state index contributed by atoms with van der Waals surface area (Å²) in [5.74, 6) is 0. The van der Waals surface area contributed by atoms with Crippen molar-refractivity contribution in [3.8, 4) is 0 Å². The van der Waals surface area contributed by atoms with Gasteiger partial charge in [-0.3, -0.25) is 10.0 Å². The van der Waals surface area contributed by atoms with E-state index in [-0.39, 0.29) is 0 Å². The molecule has 0 aromatic carbocycles. The molecule has 1 aromatic rings. The van der Waals surface area contributed by atoms with Crippen molar-refractivity contribution < 1.29 is 0 Å². The average Bonchev–Trinajstić information content (AvgIpc) is 1.30. The quantitative estimate of drug-likeness (QED) is 0.512. The van der Waals surface area contributed by atoms with Crippen LogP contribution < -0.4 is 5.50 Å². The maximum absolute atomic E-state index is 5.16. The smallest absolute Gasteiger partial charge is 0.141 e. The molecule has 1 rings (SSSR count). The molecule has 3 nitrogen and oxygen atoms in total. The molecular weight excluding hydrogens is 104 g/mol. The minimum atomic E-state index is -0.555. The van der Waals surface area contributed by atoms with Crippen molar-refractivity contribution in [3.63, 3.8) is 0 Å². The Morgan fingerprint density at radius 2 is 2.40 bits per heavy atom. The fraction of sp³-hybridized carbons (Fsp3) is 0. The van der Waals surface area contributed by atoms with Crippen molar-refractivity contribution >= 4 is 16.5 Å². The van der Waals surface area contributed by atoms with Crippen molar-refractivity contribution in [1.82, 2.24) is 9.02 Å². The second-order valence-electron chi connectivity index (χ2n) is 0.634. The first-order chi connectivity index (χ1) is 2.39. The first-order valence-electron chi connectivity index (χ1n) is 1.11. The lowest BCUT2D eigenvalue weighted by Gasteiger charge is -1.86. The highest BCUT2D eigenvalue weighted by Gasteiger charge is 1.77. The minimum Gasteiger partial charge on any atom is -0.286 e. The minimum absolute atomic E-state index is 0.555. The topological polar surface area (TPSA) is 54.7 Å². The number of hydrogen-bond donors (Lipinski definition) is 2. The zero-order valence-corrected chi connectivity index (χ0v) is 4.21. The molecule has 5 heavy (non-hydrogen) atoms. The van der Waals surface area contributed by atoms with Crippen LogP contribution in [0, 0.1) is 0 Å². The standard InChI is InChI=1S/H3N3P2/c1-5-2-4-3-5/h1H2,(H,2,3). The summed E-state index contributed by atoms with van der Waals surface area (Å²) >= 11 is 0. The molecule has 0 aliphatic heterocycles. The molecule has 3 N–H and O–H groups in total. The molecule has 0 amide bonds. The molecule has 1 aromatic heterocycles. The second-order valence-corrected chi connectivity index (χ2v) is 3.04. The van der Waals surface area contributed by atoms with E-state index in [1.807, 2.05) is 0 Å². The van der Waals surface area contributed by atoms with Crippen LogP contribution in [0.4, 0.5) is 0 Å². The van der Waals surface area contributed by atoms with Gasteiger partial charge in [-0.2, -0.15) is 4.51 Å². The van der Waals surface area contributed by atoms with Gasteiger partial charge in [-0.15, -0.1) is 0 Å². The van der Waals surface area contributed by atoms with E-state index in [9.17, 15) is 0 Å². The van der Waals surface area contributed by atoms with Crippen molar-refractivity contribution in [1.29, 1.82) is 0 Å². The normalized spacial score (nSPS) is 14.2. The summed E-state index contributed by atoms with van der Waals surface area (Å²) in [5.41, 5.74) is 5.16. The highest BCUT2D eigenvalue weighted by molar-refractivity contribution is 7.55. The van der Waals surface area contributed by atoms with E-state index in [1.165, 1.54) is 0 Å². The van der Waals surface area contributed by atoms with Crippen molar-refractivity contribution in [2.45, 2.75) is 0 Å². The van der Waals surface area contributed by atoms with Gasteiger partial charge in [0.1, 0.15) is 16.5 Å². The lowest BCUT2D eigenvalue weighted by molar-refractivity contribution is 1.65. The molecule has 0 bridgehead atoms. The first kappa shape index (κ1) is 3.35. The van der Waals surface area contributed by atoms with E-state index in [2.05, 4.69) is 9.02 Å². The van der Waals surface area contributed by atoms with Crippen LogP contribution in [-0.4, -0.2) is 9.02 Å². The average molecular weight is 107 g/mol. The maximum Gasteiger partial charge on any atom is 0.141 e. The van der Waals surface area contributed by atoms with Crippen LogP contribution in [0.3, 0.4) is 0 Å². The van der Waals surface area contributed by atoms with Gasteiger partial charge in [-0.05, 0) is 0 Å². The molecule has 0 aliphatic rings. The number of hydrogen-bond acceptors (Lipinski definition) is 2. The molecule has 0 spiro atoms. The Morgan fingerprint density at radius 3 is 2.40 bits per heavy atom. The van der Waals surface area contributed by atoms with Crippen molar-refractivity contribution in [2.24, 2.45) is 0 Å². The Morgan fingerprint density at radius 1 is 2.00 bits per heavy atom. The zero-order chi connectivity index (χ0) is 3.70. The Bertz CT molecular complexity index is 87.1. The third-order valence-electron chi connectivity index (χ3n) is 0.288. The van der Waals surface area contributed by atoms with Gasteiger partial charge in [0.2, 0.25) is 0 Å². The predicted octanol–water partition coefficient (Wildman–Crippen LogP) is 0.690. The number of aromatic amines is 1. The Kier molecular flexibility index (Phi) is 0.734. The molecule has 0 radical (unpaired) electrons. The summed E-state index contributed by atoms with van der Waals surface area (Å²) in [4.78, 5) is 0. The molecule has 1 heterocycles. The number of nitrogens with one attached hydrogen (secondary N) is 1. The Balaban J connectivity index is 2.83. The van der Waals surface area contributed by atoms with Gasteiger partial charge in [0.25, 0.3) is 0 Å². The van der Waals surface area contributed by atoms with Gasteiger partial charge >= 0.3 is 0 Å². The summed E-state index contributed by atoms with van der Waals surface area (Å²) in [6, 6.07) is 0. The predicted molar refractivity (Wildman–Crippen MR) is 24.0 cm³/mol. The van der Waals surface area contributed by atoms with Crippen LogP contribution in [0.15, 0.2) is 0 Å². The van der Waals surface area contributed by atoms with Crippen LogP contribution in [0.1, 0.15) is 0 Å². The largest absolute Gasteiger partial charge is 0.286 e. The van der Waals surface area contributed by atoms with E-state index in [1.54, 1.807) is 0 Å². The van der Waals surface area contributed by atoms with Gasteiger partial charge < -0.3 is 0 Å². The summed E-state index contributed by atoms with van der Waals surface area (Å²) in [6.45, 7) is 0. The van der Waals surface area contributed by atoms with Crippen LogP contribution in [0.5, 0.6) is 0 Å². The summed E-state index contributed by atoms with van der Waals surface area (Å²) in [6.07, 6.45) is 0. The number of nitrogens with zero attached hydrogens (tertiary/aromatic N) is 1. The van der Waals surface area contributed by atoms with Crippen LogP contribution >= 0.6 is 16.5 Å². The van der Waals surface area contributed by atoms with E-state index in [0.29, 0.717) is 0 Å². The fourth-order valence-corrected chi connectivity index (χ4v) is 0.867. The molecule has 0 aliphatic carbocycles. The van der Waals surface area contributed by atoms with Crippen LogP contribution in [0.2, 0.25) is 0 Å². The van der Waals surface area contributed by atoms with Gasteiger partial charge in [0.15, 0.2) is 0 Å². The van der Waals surface area contributed by atoms with Crippen LogP contribution in [0.25, 0.3) is 0 Å². The molecule has 0 saturated heterocycles.